The maximum Gasteiger partial charge on any atom is 0.310 e. The molecule has 0 unspecified atom stereocenters. The summed E-state index contributed by atoms with van der Waals surface area (Å²) in [6.07, 6.45) is 0.759. The minimum absolute atomic E-state index is 0.0857. The van der Waals surface area contributed by atoms with Crippen molar-refractivity contribution in [3.05, 3.63) is 22.4 Å². The number of hydrogen-bond donors (Lipinski definition) is 3. The number of carbonyl (C=O) groups is 3. The summed E-state index contributed by atoms with van der Waals surface area (Å²) in [6, 6.07) is 1.74. The lowest BCUT2D eigenvalue weighted by molar-refractivity contribution is -0.146. The first-order valence-corrected chi connectivity index (χ1v) is 7.58. The number of nitrogens with one attached hydrogen (secondary N) is 2. The van der Waals surface area contributed by atoms with E-state index >= 15 is 0 Å². The van der Waals surface area contributed by atoms with Crippen molar-refractivity contribution in [2.75, 3.05) is 13.1 Å². The number of carboxylic acid groups (broad SMARTS) is 1. The van der Waals surface area contributed by atoms with Gasteiger partial charge in [-0.3, -0.25) is 14.4 Å². The zero-order chi connectivity index (χ0) is 15.9. The minimum Gasteiger partial charge on any atom is -0.481 e. The minimum atomic E-state index is -0.983. The monoisotopic (exact) mass is 312 g/mol. The highest BCUT2D eigenvalue weighted by Gasteiger charge is 2.27. The zero-order valence-corrected chi connectivity index (χ0v) is 13.0. The van der Waals surface area contributed by atoms with Crippen LogP contribution in [0.2, 0.25) is 0 Å². The highest BCUT2D eigenvalue weighted by atomic mass is 32.1. The van der Waals surface area contributed by atoms with E-state index < -0.39 is 11.4 Å². The molecule has 0 atom stereocenters. The summed E-state index contributed by atoms with van der Waals surface area (Å²) in [5.41, 5.74) is -0.365. The SMILES string of the molecule is CC(C)(CNC(=O)CCCNC(=O)c1ccsc1)C(=O)O. The second-order valence-corrected chi connectivity index (χ2v) is 6.12. The van der Waals surface area contributed by atoms with E-state index in [4.69, 9.17) is 5.11 Å². The van der Waals surface area contributed by atoms with Crippen molar-refractivity contribution in [3.8, 4) is 0 Å². The van der Waals surface area contributed by atoms with Crippen LogP contribution < -0.4 is 10.6 Å². The van der Waals surface area contributed by atoms with Crippen LogP contribution in [0.1, 0.15) is 37.0 Å². The number of carbonyl (C=O) groups excluding carboxylic acids is 2. The van der Waals surface area contributed by atoms with Crippen molar-refractivity contribution in [1.29, 1.82) is 0 Å². The Kier molecular flexibility index (Phi) is 6.36. The van der Waals surface area contributed by atoms with Crippen LogP contribution in [0.25, 0.3) is 0 Å². The van der Waals surface area contributed by atoms with Gasteiger partial charge in [-0.1, -0.05) is 0 Å². The average Bonchev–Trinajstić information content (AvgIpc) is 2.95. The summed E-state index contributed by atoms with van der Waals surface area (Å²) < 4.78 is 0. The van der Waals surface area contributed by atoms with Crippen molar-refractivity contribution < 1.29 is 19.5 Å². The molecule has 2 amide bonds. The van der Waals surface area contributed by atoms with Gasteiger partial charge in [-0.25, -0.2) is 0 Å². The largest absolute Gasteiger partial charge is 0.481 e. The Bertz CT molecular complexity index is 497. The third-order valence-electron chi connectivity index (χ3n) is 2.96. The molecule has 6 nitrogen and oxygen atoms in total. The molecule has 1 rings (SSSR count). The van der Waals surface area contributed by atoms with Crippen molar-refractivity contribution >= 4 is 29.1 Å². The lowest BCUT2D eigenvalue weighted by atomic mass is 9.94. The lowest BCUT2D eigenvalue weighted by Gasteiger charge is -2.19. The van der Waals surface area contributed by atoms with Gasteiger partial charge in [-0.15, -0.1) is 0 Å². The Labute approximate surface area is 127 Å². The number of thiophene rings is 1. The number of aliphatic carboxylic acids is 1. The molecule has 1 aromatic heterocycles. The molecule has 1 heterocycles. The van der Waals surface area contributed by atoms with Crippen LogP contribution >= 0.6 is 11.3 Å². The van der Waals surface area contributed by atoms with Gasteiger partial charge in [0.25, 0.3) is 5.91 Å². The summed E-state index contributed by atoms with van der Waals surface area (Å²) in [7, 11) is 0. The first-order chi connectivity index (χ1) is 9.83. The number of amides is 2. The predicted molar refractivity (Wildman–Crippen MR) is 80.3 cm³/mol. The third-order valence-corrected chi connectivity index (χ3v) is 3.64. The summed E-state index contributed by atoms with van der Waals surface area (Å²) in [5, 5.41) is 17.8. The molecule has 0 fully saturated rings. The van der Waals surface area contributed by atoms with Gasteiger partial charge in [0.15, 0.2) is 0 Å². The van der Waals surface area contributed by atoms with Crippen LogP contribution in [0.15, 0.2) is 16.8 Å². The molecule has 0 aliphatic rings. The predicted octanol–water partition coefficient (Wildman–Crippen LogP) is 1.49. The highest BCUT2D eigenvalue weighted by molar-refractivity contribution is 7.08. The molecule has 1 aromatic rings. The van der Waals surface area contributed by atoms with Crippen LogP contribution in [0.4, 0.5) is 0 Å². The number of hydrogen-bond acceptors (Lipinski definition) is 4. The maximum atomic E-state index is 11.6. The molecule has 0 saturated heterocycles. The van der Waals surface area contributed by atoms with E-state index in [1.807, 2.05) is 5.38 Å². The molecule has 3 N–H and O–H groups in total. The topological polar surface area (TPSA) is 95.5 Å². The normalized spacial score (nSPS) is 11.0. The molecule has 0 bridgehead atoms. The Morgan fingerprint density at radius 2 is 2.00 bits per heavy atom. The van der Waals surface area contributed by atoms with E-state index in [-0.39, 0.29) is 24.8 Å². The Morgan fingerprint density at radius 3 is 2.57 bits per heavy atom. The highest BCUT2D eigenvalue weighted by Crippen LogP contribution is 2.13. The first kappa shape index (κ1) is 17.2. The Morgan fingerprint density at radius 1 is 1.29 bits per heavy atom. The van der Waals surface area contributed by atoms with Crippen LogP contribution in [-0.2, 0) is 9.59 Å². The van der Waals surface area contributed by atoms with E-state index in [9.17, 15) is 14.4 Å². The van der Waals surface area contributed by atoms with Gasteiger partial charge in [-0.2, -0.15) is 11.3 Å². The molecule has 0 aliphatic carbocycles. The van der Waals surface area contributed by atoms with Gasteiger partial charge in [0, 0.05) is 30.5 Å². The molecule has 0 saturated carbocycles. The zero-order valence-electron chi connectivity index (χ0n) is 12.1. The molecular formula is C14H20N2O4S. The van der Waals surface area contributed by atoms with E-state index in [1.54, 1.807) is 25.3 Å². The fourth-order valence-corrected chi connectivity index (χ4v) is 2.07. The smallest absolute Gasteiger partial charge is 0.310 e. The number of carboxylic acids is 1. The molecule has 21 heavy (non-hydrogen) atoms. The molecule has 0 radical (unpaired) electrons. The fraction of sp³-hybridized carbons (Fsp3) is 0.500. The van der Waals surface area contributed by atoms with Gasteiger partial charge >= 0.3 is 5.97 Å². The molecule has 0 spiro atoms. The molecule has 7 heteroatoms. The van der Waals surface area contributed by atoms with Crippen molar-refractivity contribution in [1.82, 2.24) is 10.6 Å². The van der Waals surface area contributed by atoms with Gasteiger partial charge < -0.3 is 15.7 Å². The van der Waals surface area contributed by atoms with Crippen LogP contribution in [0.3, 0.4) is 0 Å². The van der Waals surface area contributed by atoms with Gasteiger partial charge in [0.2, 0.25) is 5.91 Å². The van der Waals surface area contributed by atoms with E-state index in [1.165, 1.54) is 11.3 Å². The first-order valence-electron chi connectivity index (χ1n) is 6.63. The summed E-state index contributed by atoms with van der Waals surface area (Å²) >= 11 is 1.45. The second kappa shape index (κ2) is 7.78. The fourth-order valence-electron chi connectivity index (χ4n) is 1.43. The van der Waals surface area contributed by atoms with Crippen LogP contribution in [0.5, 0.6) is 0 Å². The summed E-state index contributed by atoms with van der Waals surface area (Å²) in [4.78, 5) is 34.1. The second-order valence-electron chi connectivity index (χ2n) is 5.34. The van der Waals surface area contributed by atoms with Gasteiger partial charge in [0.05, 0.1) is 5.41 Å². The van der Waals surface area contributed by atoms with Crippen molar-refractivity contribution in [2.45, 2.75) is 26.7 Å². The average molecular weight is 312 g/mol. The Hall–Kier alpha value is -1.89. The van der Waals surface area contributed by atoms with Crippen LogP contribution in [-0.4, -0.2) is 36.0 Å². The third kappa shape index (κ3) is 5.95. The standard InChI is InChI=1S/C14H20N2O4S/c1-14(2,13(19)20)9-16-11(17)4-3-6-15-12(18)10-5-7-21-8-10/h5,7-8H,3-4,6,9H2,1-2H3,(H,15,18)(H,16,17)(H,19,20). The molecular weight excluding hydrogens is 292 g/mol. The van der Waals surface area contributed by atoms with E-state index in [0.717, 1.165) is 0 Å². The quantitative estimate of drug-likeness (QED) is 0.634. The maximum absolute atomic E-state index is 11.6. The summed E-state index contributed by atoms with van der Waals surface area (Å²) in [6.45, 7) is 3.60. The molecule has 116 valence electrons. The Balaban J connectivity index is 2.17. The van der Waals surface area contributed by atoms with E-state index in [0.29, 0.717) is 18.5 Å². The van der Waals surface area contributed by atoms with Gasteiger partial charge in [0.1, 0.15) is 0 Å². The number of rotatable bonds is 8. The van der Waals surface area contributed by atoms with Crippen molar-refractivity contribution in [3.63, 3.8) is 0 Å². The summed E-state index contributed by atoms with van der Waals surface area (Å²) in [5.74, 6) is -1.32. The lowest BCUT2D eigenvalue weighted by Crippen LogP contribution is -2.39. The molecule has 0 aromatic carbocycles. The van der Waals surface area contributed by atoms with Crippen LogP contribution in [0, 0.1) is 5.41 Å². The van der Waals surface area contributed by atoms with E-state index in [2.05, 4.69) is 10.6 Å². The molecule has 0 aliphatic heterocycles. The van der Waals surface area contributed by atoms with Crippen molar-refractivity contribution in [2.24, 2.45) is 5.41 Å². The van der Waals surface area contributed by atoms with Gasteiger partial charge in [-0.05, 0) is 31.7 Å².